The highest BCUT2D eigenvalue weighted by Crippen LogP contribution is 2.41. The zero-order chi connectivity index (χ0) is 16.9. The minimum absolute atomic E-state index is 0.303. The summed E-state index contributed by atoms with van der Waals surface area (Å²) >= 11 is 0. The summed E-state index contributed by atoms with van der Waals surface area (Å²) in [5.41, 5.74) is 1.53. The van der Waals surface area contributed by atoms with Crippen LogP contribution in [0.25, 0.3) is 0 Å². The van der Waals surface area contributed by atoms with Crippen LogP contribution in [0.1, 0.15) is 78.6 Å². The van der Waals surface area contributed by atoms with Crippen LogP contribution in [0.15, 0.2) is 23.8 Å². The van der Waals surface area contributed by atoms with E-state index in [2.05, 4.69) is 52.1 Å². The van der Waals surface area contributed by atoms with Crippen molar-refractivity contribution >= 4 is 8.32 Å². The zero-order valence-corrected chi connectivity index (χ0v) is 17.2. The van der Waals surface area contributed by atoms with Gasteiger partial charge in [0.05, 0.1) is 6.10 Å². The van der Waals surface area contributed by atoms with E-state index in [-0.39, 0.29) is 0 Å². The molecule has 0 saturated heterocycles. The maximum Gasteiger partial charge on any atom is 0.192 e. The molecule has 0 aromatic rings. The van der Waals surface area contributed by atoms with Gasteiger partial charge in [0.15, 0.2) is 8.32 Å². The second-order valence-corrected chi connectivity index (χ2v) is 13.9. The van der Waals surface area contributed by atoms with E-state index in [0.29, 0.717) is 17.1 Å². The number of hydrogen-bond donors (Lipinski definition) is 0. The third-order valence-electron chi connectivity index (χ3n) is 6.08. The van der Waals surface area contributed by atoms with Crippen LogP contribution in [0.3, 0.4) is 0 Å². The van der Waals surface area contributed by atoms with Crippen molar-refractivity contribution in [1.82, 2.24) is 0 Å². The van der Waals surface area contributed by atoms with Gasteiger partial charge in [0.2, 0.25) is 0 Å². The van der Waals surface area contributed by atoms with Crippen molar-refractivity contribution in [1.29, 1.82) is 0 Å². The van der Waals surface area contributed by atoms with Crippen LogP contribution in [-0.2, 0) is 4.43 Å². The summed E-state index contributed by atoms with van der Waals surface area (Å²) in [7, 11) is -1.67. The van der Waals surface area contributed by atoms with Crippen molar-refractivity contribution < 1.29 is 4.43 Å². The highest BCUT2D eigenvalue weighted by Gasteiger charge is 2.41. The molecule has 0 radical (unpaired) electrons. The highest BCUT2D eigenvalue weighted by atomic mass is 28.4. The SMILES string of the molecule is CC(C)(C)[Si](C)(C)OC1CC2=CC1CCCCCCCC/C=C/2. The molecular formula is C21H38OSi. The molecule has 23 heavy (non-hydrogen) atoms. The molecule has 2 bridgehead atoms. The average Bonchev–Trinajstić information content (AvgIpc) is 2.81. The molecular weight excluding hydrogens is 296 g/mol. The summed E-state index contributed by atoms with van der Waals surface area (Å²) in [5.74, 6) is 0.643. The van der Waals surface area contributed by atoms with Gasteiger partial charge in [0, 0.05) is 5.92 Å². The first-order valence-electron chi connectivity index (χ1n) is 9.85. The minimum Gasteiger partial charge on any atom is -0.413 e. The molecule has 2 unspecified atom stereocenters. The number of allylic oxidation sites excluding steroid dienone is 2. The molecule has 2 rings (SSSR count). The monoisotopic (exact) mass is 334 g/mol. The molecule has 132 valence electrons. The fourth-order valence-corrected chi connectivity index (χ4v) is 4.86. The van der Waals surface area contributed by atoms with Crippen LogP contribution in [0.2, 0.25) is 18.1 Å². The molecule has 2 heteroatoms. The topological polar surface area (TPSA) is 9.23 Å². The van der Waals surface area contributed by atoms with Crippen LogP contribution in [0, 0.1) is 5.92 Å². The van der Waals surface area contributed by atoms with Crippen LogP contribution >= 0.6 is 0 Å². The molecule has 0 N–H and O–H groups in total. The van der Waals surface area contributed by atoms with E-state index in [4.69, 9.17) is 4.43 Å². The Morgan fingerprint density at radius 2 is 1.65 bits per heavy atom. The van der Waals surface area contributed by atoms with Crippen LogP contribution in [-0.4, -0.2) is 14.4 Å². The van der Waals surface area contributed by atoms with Gasteiger partial charge in [-0.1, -0.05) is 71.1 Å². The lowest BCUT2D eigenvalue weighted by atomic mass is 9.98. The number of hydrogen-bond acceptors (Lipinski definition) is 1. The molecule has 2 aliphatic rings. The maximum absolute atomic E-state index is 6.81. The van der Waals surface area contributed by atoms with Crippen molar-refractivity contribution in [3.05, 3.63) is 23.8 Å². The predicted molar refractivity (Wildman–Crippen MR) is 104 cm³/mol. The van der Waals surface area contributed by atoms with Gasteiger partial charge < -0.3 is 4.43 Å². The quantitative estimate of drug-likeness (QED) is 0.493. The van der Waals surface area contributed by atoms with E-state index in [9.17, 15) is 0 Å². The third-order valence-corrected chi connectivity index (χ3v) is 10.6. The van der Waals surface area contributed by atoms with Crippen molar-refractivity contribution in [2.24, 2.45) is 5.92 Å². The molecule has 0 saturated carbocycles. The van der Waals surface area contributed by atoms with Gasteiger partial charge in [0.25, 0.3) is 0 Å². The fourth-order valence-electron chi connectivity index (χ4n) is 3.50. The van der Waals surface area contributed by atoms with Gasteiger partial charge in [-0.15, -0.1) is 0 Å². The first-order valence-corrected chi connectivity index (χ1v) is 12.8. The summed E-state index contributed by atoms with van der Waals surface area (Å²) in [6, 6.07) is 0. The van der Waals surface area contributed by atoms with Gasteiger partial charge >= 0.3 is 0 Å². The lowest BCUT2D eigenvalue weighted by Crippen LogP contribution is -2.44. The summed E-state index contributed by atoms with van der Waals surface area (Å²) in [4.78, 5) is 0. The Bertz CT molecular complexity index is 428. The minimum atomic E-state index is -1.67. The Morgan fingerprint density at radius 3 is 2.35 bits per heavy atom. The molecule has 0 aromatic carbocycles. The predicted octanol–water partition coefficient (Wildman–Crippen LogP) is 7.01. The molecule has 2 aliphatic carbocycles. The largest absolute Gasteiger partial charge is 0.413 e. The highest BCUT2D eigenvalue weighted by molar-refractivity contribution is 6.74. The van der Waals surface area contributed by atoms with Crippen LogP contribution < -0.4 is 0 Å². The Hall–Kier alpha value is -0.343. The van der Waals surface area contributed by atoms with Gasteiger partial charge in [0.1, 0.15) is 0 Å². The Balaban J connectivity index is 2.05. The molecule has 0 spiro atoms. The summed E-state index contributed by atoms with van der Waals surface area (Å²) in [6.45, 7) is 11.8. The van der Waals surface area contributed by atoms with Gasteiger partial charge in [-0.2, -0.15) is 0 Å². The molecule has 0 heterocycles. The van der Waals surface area contributed by atoms with Gasteiger partial charge in [-0.05, 0) is 49.4 Å². The van der Waals surface area contributed by atoms with E-state index in [1.54, 1.807) is 0 Å². The lowest BCUT2D eigenvalue weighted by molar-refractivity contribution is 0.144. The average molecular weight is 335 g/mol. The summed E-state index contributed by atoms with van der Waals surface area (Å²) < 4.78 is 6.81. The van der Waals surface area contributed by atoms with Gasteiger partial charge in [-0.25, -0.2) is 0 Å². The Morgan fingerprint density at radius 1 is 1.00 bits per heavy atom. The summed E-state index contributed by atoms with van der Waals surface area (Å²) in [6.07, 6.45) is 19.8. The third kappa shape index (κ3) is 5.60. The first kappa shape index (κ1) is 19.0. The Labute approximate surface area is 145 Å². The lowest BCUT2D eigenvalue weighted by Gasteiger charge is -2.40. The van der Waals surface area contributed by atoms with E-state index < -0.39 is 8.32 Å². The second-order valence-electron chi connectivity index (χ2n) is 9.13. The van der Waals surface area contributed by atoms with E-state index >= 15 is 0 Å². The molecule has 0 fully saturated rings. The van der Waals surface area contributed by atoms with Crippen molar-refractivity contribution in [3.63, 3.8) is 0 Å². The van der Waals surface area contributed by atoms with Crippen molar-refractivity contribution in [3.8, 4) is 0 Å². The second kappa shape index (κ2) is 8.16. The molecule has 0 aromatic heterocycles. The Kier molecular flexibility index (Phi) is 6.73. The van der Waals surface area contributed by atoms with E-state index in [0.717, 1.165) is 6.42 Å². The summed E-state index contributed by atoms with van der Waals surface area (Å²) in [5, 5.41) is 0.303. The smallest absolute Gasteiger partial charge is 0.192 e. The molecule has 0 amide bonds. The van der Waals surface area contributed by atoms with Gasteiger partial charge in [-0.3, -0.25) is 0 Å². The number of rotatable bonds is 2. The van der Waals surface area contributed by atoms with E-state index in [1.165, 1.54) is 56.9 Å². The maximum atomic E-state index is 6.81. The standard InChI is InChI=1S/C21H38OSi/c1-21(2,3)23(4,5)22-20-17-18-14-12-10-8-6-7-9-11-13-15-19(20)16-18/h12,14,16,19-20H,6-11,13,15,17H2,1-5H3/b14-12+. The molecule has 1 nitrogen and oxygen atoms in total. The zero-order valence-electron chi connectivity index (χ0n) is 16.2. The van der Waals surface area contributed by atoms with E-state index in [1.807, 2.05) is 0 Å². The normalized spacial score (nSPS) is 29.2. The number of fused-ring (bicyclic) bond motifs is 1. The van der Waals surface area contributed by atoms with Crippen LogP contribution in [0.5, 0.6) is 0 Å². The molecule has 0 aliphatic heterocycles. The van der Waals surface area contributed by atoms with Crippen molar-refractivity contribution in [2.75, 3.05) is 0 Å². The van der Waals surface area contributed by atoms with Crippen LogP contribution in [0.4, 0.5) is 0 Å². The first-order chi connectivity index (χ1) is 10.8. The fraction of sp³-hybridized carbons (Fsp3) is 0.810. The van der Waals surface area contributed by atoms with Crippen molar-refractivity contribution in [2.45, 2.75) is 103 Å². The molecule has 2 atom stereocenters.